The first-order valence-corrected chi connectivity index (χ1v) is 9.61. The fraction of sp³-hybridized carbons (Fsp3) is 0.300. The minimum atomic E-state index is -1.26. The van der Waals surface area contributed by atoms with E-state index in [4.69, 9.17) is 19.7 Å². The number of ether oxygens (including phenoxy) is 2. The fourth-order valence-electron chi connectivity index (χ4n) is 2.38. The number of carboxylic acid groups (broad SMARTS) is 2. The summed E-state index contributed by atoms with van der Waals surface area (Å²) in [5, 5.41) is 21.0. The van der Waals surface area contributed by atoms with E-state index in [0.717, 1.165) is 31.9 Å². The van der Waals surface area contributed by atoms with E-state index >= 15 is 0 Å². The van der Waals surface area contributed by atoms with Crippen molar-refractivity contribution in [2.24, 2.45) is 0 Å². The number of carboxylic acids is 2. The Morgan fingerprint density at radius 2 is 1.89 bits per heavy atom. The number of hydrogen-bond donors (Lipinski definition) is 3. The molecular weight excluding hydrogens is 382 g/mol. The molecular formula is C20H23NO6S. The number of benzene rings is 1. The summed E-state index contributed by atoms with van der Waals surface area (Å²) in [5.41, 5.74) is 1.32. The van der Waals surface area contributed by atoms with Gasteiger partial charge in [-0.15, -0.1) is 11.3 Å². The van der Waals surface area contributed by atoms with Gasteiger partial charge < -0.3 is 25.0 Å². The summed E-state index contributed by atoms with van der Waals surface area (Å²) in [4.78, 5) is 20.5. The summed E-state index contributed by atoms with van der Waals surface area (Å²) < 4.78 is 11.4. The zero-order valence-corrected chi connectivity index (χ0v) is 16.1. The van der Waals surface area contributed by atoms with Crippen LogP contribution in [-0.2, 0) is 20.7 Å². The average Bonchev–Trinajstić information content (AvgIpc) is 3.20. The van der Waals surface area contributed by atoms with Crippen LogP contribution in [0.1, 0.15) is 10.4 Å². The van der Waals surface area contributed by atoms with E-state index in [9.17, 15) is 9.59 Å². The normalized spacial score (nSPS) is 16.2. The van der Waals surface area contributed by atoms with Crippen molar-refractivity contribution in [3.05, 3.63) is 64.4 Å². The van der Waals surface area contributed by atoms with E-state index in [2.05, 4.69) is 35.0 Å². The van der Waals surface area contributed by atoms with Crippen LogP contribution in [0.15, 0.2) is 53.9 Å². The summed E-state index contributed by atoms with van der Waals surface area (Å²) in [5.74, 6) is -1.60. The number of carbonyl (C=O) groups is 2. The Hall–Kier alpha value is -2.68. The second-order valence-corrected chi connectivity index (χ2v) is 6.95. The molecule has 1 aromatic heterocycles. The van der Waals surface area contributed by atoms with Crippen LogP contribution in [-0.4, -0.2) is 54.6 Å². The molecule has 1 unspecified atom stereocenters. The maximum atomic E-state index is 9.55. The predicted molar refractivity (Wildman–Crippen MR) is 106 cm³/mol. The van der Waals surface area contributed by atoms with Gasteiger partial charge in [0, 0.05) is 36.5 Å². The monoisotopic (exact) mass is 405 g/mol. The van der Waals surface area contributed by atoms with Crippen molar-refractivity contribution >= 4 is 23.3 Å². The van der Waals surface area contributed by atoms with Gasteiger partial charge in [-0.05, 0) is 29.1 Å². The van der Waals surface area contributed by atoms with E-state index in [0.29, 0.717) is 18.8 Å². The van der Waals surface area contributed by atoms with Crippen molar-refractivity contribution in [2.45, 2.75) is 12.5 Å². The van der Waals surface area contributed by atoms with E-state index in [1.807, 2.05) is 12.1 Å². The molecule has 0 aliphatic carbocycles. The third-order valence-electron chi connectivity index (χ3n) is 3.69. The van der Waals surface area contributed by atoms with Crippen molar-refractivity contribution in [2.75, 3.05) is 26.3 Å². The maximum absolute atomic E-state index is 9.55. The van der Waals surface area contributed by atoms with Crippen molar-refractivity contribution in [1.29, 1.82) is 0 Å². The van der Waals surface area contributed by atoms with Crippen molar-refractivity contribution < 1.29 is 29.3 Å². The smallest absolute Gasteiger partial charge is 0.328 e. The lowest BCUT2D eigenvalue weighted by molar-refractivity contribution is -0.134. The Balaban J connectivity index is 0.000000300. The van der Waals surface area contributed by atoms with Gasteiger partial charge in [-0.2, -0.15) is 0 Å². The van der Waals surface area contributed by atoms with E-state index in [1.54, 1.807) is 11.3 Å². The molecule has 1 aromatic carbocycles. The van der Waals surface area contributed by atoms with Crippen LogP contribution in [0.25, 0.3) is 0 Å². The number of hydrogen-bond acceptors (Lipinski definition) is 6. The lowest BCUT2D eigenvalue weighted by Gasteiger charge is -2.23. The third kappa shape index (κ3) is 8.81. The molecule has 0 bridgehead atoms. The van der Waals surface area contributed by atoms with Crippen LogP contribution >= 0.6 is 11.3 Å². The molecule has 1 fully saturated rings. The van der Waals surface area contributed by atoms with Crippen molar-refractivity contribution in [1.82, 2.24) is 5.32 Å². The second kappa shape index (κ2) is 11.9. The van der Waals surface area contributed by atoms with Gasteiger partial charge in [-0.3, -0.25) is 0 Å². The number of aliphatic carboxylic acids is 2. The van der Waals surface area contributed by atoms with Crippen molar-refractivity contribution in [3.8, 4) is 5.75 Å². The first-order valence-electron chi connectivity index (χ1n) is 8.73. The zero-order chi connectivity index (χ0) is 20.2. The summed E-state index contributed by atoms with van der Waals surface area (Å²) in [6, 6.07) is 12.6. The minimum absolute atomic E-state index is 0.162. The van der Waals surface area contributed by atoms with Gasteiger partial charge in [0.2, 0.25) is 0 Å². The first kappa shape index (κ1) is 21.6. The molecule has 28 heavy (non-hydrogen) atoms. The highest BCUT2D eigenvalue weighted by atomic mass is 32.1. The van der Waals surface area contributed by atoms with Gasteiger partial charge in [0.1, 0.15) is 18.5 Å². The summed E-state index contributed by atoms with van der Waals surface area (Å²) in [6.07, 6.45) is 2.27. The Labute approximate surface area is 167 Å². The minimum Gasteiger partial charge on any atom is -0.491 e. The average molecular weight is 405 g/mol. The molecule has 2 heterocycles. The molecule has 0 amide bonds. The molecule has 8 heteroatoms. The molecule has 1 aliphatic heterocycles. The maximum Gasteiger partial charge on any atom is 0.328 e. The third-order valence-corrected chi connectivity index (χ3v) is 4.57. The summed E-state index contributed by atoms with van der Waals surface area (Å²) in [7, 11) is 0. The molecule has 0 spiro atoms. The van der Waals surface area contributed by atoms with E-state index in [-0.39, 0.29) is 6.10 Å². The lowest BCUT2D eigenvalue weighted by atomic mass is 10.1. The van der Waals surface area contributed by atoms with Gasteiger partial charge in [0.25, 0.3) is 0 Å². The first-order chi connectivity index (χ1) is 13.5. The Morgan fingerprint density at radius 3 is 2.43 bits per heavy atom. The molecule has 0 radical (unpaired) electrons. The van der Waals surface area contributed by atoms with Gasteiger partial charge in [-0.1, -0.05) is 18.2 Å². The predicted octanol–water partition coefficient (Wildman–Crippen LogP) is 2.42. The van der Waals surface area contributed by atoms with Crippen LogP contribution in [0.5, 0.6) is 5.75 Å². The summed E-state index contributed by atoms with van der Waals surface area (Å²) >= 11 is 1.80. The van der Waals surface area contributed by atoms with E-state index < -0.39 is 11.9 Å². The van der Waals surface area contributed by atoms with Crippen LogP contribution in [0.3, 0.4) is 0 Å². The van der Waals surface area contributed by atoms with Crippen LogP contribution in [0.4, 0.5) is 0 Å². The van der Waals surface area contributed by atoms with Crippen LogP contribution in [0.2, 0.25) is 0 Å². The van der Waals surface area contributed by atoms with Gasteiger partial charge in [0.15, 0.2) is 0 Å². The summed E-state index contributed by atoms with van der Waals surface area (Å²) in [6.45, 7) is 3.19. The molecule has 7 nitrogen and oxygen atoms in total. The molecule has 1 saturated heterocycles. The molecule has 1 aliphatic rings. The Kier molecular flexibility index (Phi) is 9.20. The lowest BCUT2D eigenvalue weighted by Crippen LogP contribution is -2.41. The molecule has 0 saturated carbocycles. The highest BCUT2D eigenvalue weighted by Crippen LogP contribution is 2.18. The SMILES string of the molecule is O=C(O)C=CC(=O)O.c1csc(Cc2ccc(OCC3CNCCO3)cc2)c1. The largest absolute Gasteiger partial charge is 0.491 e. The topological polar surface area (TPSA) is 105 Å². The number of morpholine rings is 1. The van der Waals surface area contributed by atoms with Gasteiger partial charge in [-0.25, -0.2) is 9.59 Å². The molecule has 150 valence electrons. The number of nitrogens with one attached hydrogen (secondary N) is 1. The quantitative estimate of drug-likeness (QED) is 0.608. The van der Waals surface area contributed by atoms with Crippen molar-refractivity contribution in [3.63, 3.8) is 0 Å². The highest BCUT2D eigenvalue weighted by molar-refractivity contribution is 7.09. The Morgan fingerprint density at radius 1 is 1.18 bits per heavy atom. The zero-order valence-electron chi connectivity index (χ0n) is 15.2. The standard InChI is InChI=1S/C16H19NO2S.C4H4O4/c1-2-16(20-9-1)10-13-3-5-14(6-4-13)19-12-15-11-17-7-8-18-15;5-3(6)1-2-4(7)8/h1-6,9,15,17H,7-8,10-12H2;1-2H,(H,5,6)(H,7,8). The van der Waals surface area contributed by atoms with E-state index in [1.165, 1.54) is 10.4 Å². The highest BCUT2D eigenvalue weighted by Gasteiger charge is 2.13. The molecule has 3 rings (SSSR count). The Bertz CT molecular complexity index is 736. The second-order valence-electron chi connectivity index (χ2n) is 5.92. The molecule has 3 N–H and O–H groups in total. The molecule has 1 atom stereocenters. The number of rotatable bonds is 7. The van der Waals surface area contributed by atoms with Gasteiger partial charge in [0.05, 0.1) is 6.61 Å². The van der Waals surface area contributed by atoms with Crippen LogP contribution in [0, 0.1) is 0 Å². The number of thiophene rings is 1. The van der Waals surface area contributed by atoms with Gasteiger partial charge >= 0.3 is 11.9 Å². The van der Waals surface area contributed by atoms with Crippen LogP contribution < -0.4 is 10.1 Å². The molecule has 2 aromatic rings. The fourth-order valence-corrected chi connectivity index (χ4v) is 3.12.